The number of hydrogen-bond acceptors (Lipinski definition) is 3. The van der Waals surface area contributed by atoms with Gasteiger partial charge in [-0.15, -0.1) is 0 Å². The minimum atomic E-state index is -0.372. The lowest BCUT2D eigenvalue weighted by Crippen LogP contribution is -2.11. The second kappa shape index (κ2) is 8.62. The number of hydrogen-bond donors (Lipinski definition) is 0. The van der Waals surface area contributed by atoms with Crippen LogP contribution in [0.15, 0.2) is 102 Å². The molecule has 3 rings (SSSR count). The van der Waals surface area contributed by atoms with Crippen LogP contribution >= 0.6 is 0 Å². The molecule has 0 saturated carbocycles. The molecule has 0 bridgehead atoms. The molecule has 0 aliphatic heterocycles. The fraction of sp³-hybridized carbons (Fsp3) is 0.0455. The Morgan fingerprint density at radius 1 is 0.846 bits per heavy atom. The molecule has 0 aromatic heterocycles. The highest BCUT2D eigenvalue weighted by atomic mass is 19.1. The Morgan fingerprint density at radius 3 is 2.19 bits per heavy atom. The van der Waals surface area contributed by atoms with Gasteiger partial charge in [0.25, 0.3) is 0 Å². The minimum Gasteiger partial charge on any atom is -0.465 e. The summed E-state index contributed by atoms with van der Waals surface area (Å²) < 4.78 is 24.9. The van der Waals surface area contributed by atoms with Crippen molar-refractivity contribution in [1.82, 2.24) is 0 Å². The summed E-state index contributed by atoms with van der Waals surface area (Å²) in [6.07, 6.45) is 1.57. The third-order valence-electron chi connectivity index (χ3n) is 3.45. The van der Waals surface area contributed by atoms with Crippen LogP contribution in [0.5, 0.6) is 11.5 Å². The van der Waals surface area contributed by atoms with Gasteiger partial charge >= 0.3 is 0 Å². The minimum absolute atomic E-state index is 0.331. The zero-order chi connectivity index (χ0) is 18.2. The summed E-state index contributed by atoms with van der Waals surface area (Å²) in [4.78, 5) is 4.52. The van der Waals surface area contributed by atoms with Crippen molar-refractivity contribution in [1.29, 1.82) is 0 Å². The summed E-state index contributed by atoms with van der Waals surface area (Å²) in [6.45, 7) is 1.82. The van der Waals surface area contributed by atoms with Crippen molar-refractivity contribution >= 4 is 11.6 Å². The molecule has 0 amide bonds. The average Bonchev–Trinajstić information content (AvgIpc) is 2.67. The first-order valence-corrected chi connectivity index (χ1v) is 8.17. The molecule has 0 heterocycles. The molecule has 3 nitrogen and oxygen atoms in total. The summed E-state index contributed by atoms with van der Waals surface area (Å²) in [7, 11) is 0. The van der Waals surface area contributed by atoms with Crippen LogP contribution in [0.4, 0.5) is 10.1 Å². The molecule has 0 saturated heterocycles. The molecular weight excluding hydrogens is 329 g/mol. The molecule has 0 aliphatic carbocycles. The van der Waals surface area contributed by atoms with Gasteiger partial charge in [0.1, 0.15) is 17.3 Å². The van der Waals surface area contributed by atoms with Gasteiger partial charge in [-0.05, 0) is 43.3 Å². The molecule has 3 aromatic carbocycles. The van der Waals surface area contributed by atoms with Gasteiger partial charge in [0.15, 0.2) is 0 Å². The van der Waals surface area contributed by atoms with Crippen LogP contribution in [0.2, 0.25) is 0 Å². The first-order chi connectivity index (χ1) is 12.7. The van der Waals surface area contributed by atoms with Crippen LogP contribution in [0.25, 0.3) is 0 Å². The van der Waals surface area contributed by atoms with Gasteiger partial charge in [-0.2, -0.15) is 0 Å². The highest BCUT2D eigenvalue weighted by Crippen LogP contribution is 2.19. The van der Waals surface area contributed by atoms with E-state index in [0.717, 1.165) is 5.69 Å². The lowest BCUT2D eigenvalue weighted by molar-refractivity contribution is 0.473. The molecule has 26 heavy (non-hydrogen) atoms. The van der Waals surface area contributed by atoms with E-state index in [9.17, 15) is 4.39 Å². The number of rotatable bonds is 5. The first kappa shape index (κ1) is 17.4. The normalized spacial score (nSPS) is 11.9. The van der Waals surface area contributed by atoms with Gasteiger partial charge in [-0.1, -0.05) is 42.5 Å². The van der Waals surface area contributed by atoms with Gasteiger partial charge in [-0.25, -0.2) is 9.38 Å². The van der Waals surface area contributed by atoms with Crippen LogP contribution in [-0.2, 0) is 0 Å². The maximum atomic E-state index is 13.5. The molecular formula is C22H18FNO2. The number of nitrogens with zero attached hydrogens (tertiary/aromatic N) is 1. The summed E-state index contributed by atoms with van der Waals surface area (Å²) in [6, 6.07) is 24.7. The van der Waals surface area contributed by atoms with Crippen molar-refractivity contribution in [2.24, 2.45) is 4.99 Å². The number of para-hydroxylation sites is 2. The molecule has 0 N–H and O–H groups in total. The Hall–Kier alpha value is -3.40. The van der Waals surface area contributed by atoms with Gasteiger partial charge in [-0.3, -0.25) is 0 Å². The van der Waals surface area contributed by atoms with E-state index >= 15 is 0 Å². The maximum Gasteiger partial charge on any atom is 0.225 e. The molecule has 0 unspecified atom stereocenters. The van der Waals surface area contributed by atoms with Gasteiger partial charge in [0.2, 0.25) is 5.90 Å². The number of ether oxygens (including phenoxy) is 2. The Bertz CT molecular complexity index is 906. The topological polar surface area (TPSA) is 30.8 Å². The predicted molar refractivity (Wildman–Crippen MR) is 101 cm³/mol. The van der Waals surface area contributed by atoms with E-state index in [1.807, 2.05) is 67.6 Å². The monoisotopic (exact) mass is 347 g/mol. The fourth-order valence-corrected chi connectivity index (χ4v) is 2.16. The molecule has 0 radical (unpaired) electrons. The average molecular weight is 347 g/mol. The van der Waals surface area contributed by atoms with Crippen molar-refractivity contribution in [2.75, 3.05) is 0 Å². The van der Waals surface area contributed by atoms with Crippen LogP contribution < -0.4 is 9.47 Å². The van der Waals surface area contributed by atoms with E-state index in [1.54, 1.807) is 18.4 Å². The smallest absolute Gasteiger partial charge is 0.225 e. The Kier molecular flexibility index (Phi) is 5.78. The van der Waals surface area contributed by atoms with E-state index in [-0.39, 0.29) is 5.82 Å². The second-order valence-corrected chi connectivity index (χ2v) is 5.54. The van der Waals surface area contributed by atoms with E-state index in [2.05, 4.69) is 4.99 Å². The van der Waals surface area contributed by atoms with Crippen LogP contribution in [0, 0.1) is 5.82 Å². The quantitative estimate of drug-likeness (QED) is 0.326. The maximum absolute atomic E-state index is 13.5. The third-order valence-corrected chi connectivity index (χ3v) is 3.45. The van der Waals surface area contributed by atoms with Crippen molar-refractivity contribution in [2.45, 2.75) is 6.92 Å². The van der Waals surface area contributed by atoms with Crippen molar-refractivity contribution in [3.05, 3.63) is 103 Å². The van der Waals surface area contributed by atoms with Gasteiger partial charge < -0.3 is 9.47 Å². The summed E-state index contributed by atoms with van der Waals surface area (Å²) >= 11 is 0. The second-order valence-electron chi connectivity index (χ2n) is 5.54. The third kappa shape index (κ3) is 5.05. The molecule has 0 aliphatic rings. The molecule has 3 aromatic rings. The van der Waals surface area contributed by atoms with E-state index in [4.69, 9.17) is 9.47 Å². The van der Waals surface area contributed by atoms with Gasteiger partial charge in [0.05, 0.1) is 11.9 Å². The van der Waals surface area contributed by atoms with Crippen molar-refractivity contribution in [3.8, 4) is 11.5 Å². The van der Waals surface area contributed by atoms with Crippen molar-refractivity contribution < 1.29 is 13.9 Å². The predicted octanol–water partition coefficient (Wildman–Crippen LogP) is 5.92. The van der Waals surface area contributed by atoms with E-state index in [0.29, 0.717) is 23.0 Å². The summed E-state index contributed by atoms with van der Waals surface area (Å²) in [5.74, 6) is 1.03. The van der Waals surface area contributed by atoms with E-state index < -0.39 is 0 Å². The Labute approximate surface area is 152 Å². The molecule has 130 valence electrons. The fourth-order valence-electron chi connectivity index (χ4n) is 2.16. The van der Waals surface area contributed by atoms with Crippen LogP contribution in [0.3, 0.4) is 0 Å². The SMILES string of the molecule is C/C(=C\Oc1ccccc1)C(=Nc1ccccc1)Oc1cccc(F)c1. The van der Waals surface area contributed by atoms with Crippen molar-refractivity contribution in [3.63, 3.8) is 0 Å². The molecule has 0 fully saturated rings. The first-order valence-electron chi connectivity index (χ1n) is 8.17. The summed E-state index contributed by atoms with van der Waals surface area (Å²) in [5, 5.41) is 0. The number of halogens is 1. The largest absolute Gasteiger partial charge is 0.465 e. The zero-order valence-corrected chi connectivity index (χ0v) is 14.3. The zero-order valence-electron chi connectivity index (χ0n) is 14.3. The highest BCUT2D eigenvalue weighted by Gasteiger charge is 2.08. The number of benzene rings is 3. The lowest BCUT2D eigenvalue weighted by atomic mass is 10.3. The standard InChI is InChI=1S/C22H18FNO2/c1-17(16-25-20-12-6-3-7-13-20)22(24-19-10-4-2-5-11-19)26-21-14-8-9-18(23)15-21/h2-16H,1H3/b17-16+,24-22?. The van der Waals surface area contributed by atoms with E-state index in [1.165, 1.54) is 12.1 Å². The van der Waals surface area contributed by atoms with Gasteiger partial charge in [0, 0.05) is 11.6 Å². The lowest BCUT2D eigenvalue weighted by Gasteiger charge is -2.10. The number of aliphatic imine (C=N–C) groups is 1. The summed E-state index contributed by atoms with van der Waals surface area (Å²) in [5.41, 5.74) is 1.40. The Balaban J connectivity index is 1.88. The molecule has 4 heteroatoms. The highest BCUT2D eigenvalue weighted by molar-refractivity contribution is 5.96. The Morgan fingerprint density at radius 2 is 1.50 bits per heavy atom. The molecule has 0 atom stereocenters. The van der Waals surface area contributed by atoms with Crippen LogP contribution in [0.1, 0.15) is 6.92 Å². The molecule has 0 spiro atoms. The van der Waals surface area contributed by atoms with Crippen LogP contribution in [-0.4, -0.2) is 5.90 Å².